The Bertz CT molecular complexity index is 333. The molecule has 2 saturated carbocycles. The van der Waals surface area contributed by atoms with E-state index in [2.05, 4.69) is 55.4 Å². The van der Waals surface area contributed by atoms with Gasteiger partial charge in [0.05, 0.1) is 0 Å². The predicted molar refractivity (Wildman–Crippen MR) is 116 cm³/mol. The second-order valence-electron chi connectivity index (χ2n) is 11.1. The minimum absolute atomic E-state index is 0. The van der Waals surface area contributed by atoms with Gasteiger partial charge in [-0.25, -0.2) is 0 Å². The van der Waals surface area contributed by atoms with Crippen LogP contribution in [0.15, 0.2) is 0 Å². The molecule has 2 atom stereocenters. The van der Waals surface area contributed by atoms with Crippen LogP contribution in [0.3, 0.4) is 0 Å². The Kier molecular flexibility index (Phi) is 9.75. The first-order valence-corrected chi connectivity index (χ1v) is 11.0. The molecule has 2 aliphatic carbocycles. The molecule has 0 aromatic carbocycles. The molecule has 0 bridgehead atoms. The second-order valence-corrected chi connectivity index (χ2v) is 11.1. The molecular weight excluding hydrogens is 304 g/mol. The molecule has 1 nitrogen and oxygen atoms in total. The lowest BCUT2D eigenvalue weighted by molar-refractivity contribution is -0.0297. The Hall–Kier alpha value is -0.0400. The molecule has 0 heterocycles. The molecule has 0 amide bonds. The van der Waals surface area contributed by atoms with Crippen molar-refractivity contribution in [2.24, 2.45) is 46.3 Å². The summed E-state index contributed by atoms with van der Waals surface area (Å²) in [6.45, 7) is 23.9. The highest BCUT2D eigenvalue weighted by molar-refractivity contribution is 4.95. The van der Waals surface area contributed by atoms with Crippen molar-refractivity contribution in [1.82, 2.24) is 0 Å². The molecule has 2 rings (SSSR count). The van der Waals surface area contributed by atoms with Crippen molar-refractivity contribution in [2.45, 2.75) is 108 Å². The Morgan fingerprint density at radius 2 is 1.00 bits per heavy atom. The van der Waals surface area contributed by atoms with Gasteiger partial charge >= 0.3 is 0 Å². The number of rotatable bonds is 1. The van der Waals surface area contributed by atoms with Crippen LogP contribution < -0.4 is 0 Å². The molecule has 2 fully saturated rings. The van der Waals surface area contributed by atoms with Gasteiger partial charge in [-0.1, -0.05) is 82.1 Å². The first kappa shape index (κ1) is 25.0. The van der Waals surface area contributed by atoms with Gasteiger partial charge in [-0.15, -0.1) is 0 Å². The molecule has 0 aromatic heterocycles. The van der Waals surface area contributed by atoms with Gasteiger partial charge < -0.3 is 5.48 Å². The maximum Gasteiger partial charge on any atom is 0 e. The predicted octanol–water partition coefficient (Wildman–Crippen LogP) is 7.63. The Morgan fingerprint density at radius 1 is 0.640 bits per heavy atom. The molecule has 0 saturated heterocycles. The van der Waals surface area contributed by atoms with Gasteiger partial charge in [0.2, 0.25) is 0 Å². The van der Waals surface area contributed by atoms with E-state index in [4.69, 9.17) is 0 Å². The van der Waals surface area contributed by atoms with E-state index in [1.165, 1.54) is 38.5 Å². The summed E-state index contributed by atoms with van der Waals surface area (Å²) in [5, 5.41) is 0. The lowest BCUT2D eigenvalue weighted by atomic mass is 9.53. The summed E-state index contributed by atoms with van der Waals surface area (Å²) in [6.07, 6.45) is 8.97. The molecule has 1 heteroatoms. The average Bonchev–Trinajstić information content (AvgIpc) is 2.48. The molecule has 0 aromatic rings. The van der Waals surface area contributed by atoms with Gasteiger partial charge in [0.1, 0.15) is 0 Å². The summed E-state index contributed by atoms with van der Waals surface area (Å²) in [4.78, 5) is 0. The SMILES string of the molecule is CC.CC1CCC(C2CC(C(C)(C)C)C(C)C(C(C)(C)C)C2)CC1.O.[HH]. The summed E-state index contributed by atoms with van der Waals surface area (Å²) in [5.41, 5.74) is 0.924. The second kappa shape index (κ2) is 9.77. The smallest absolute Gasteiger partial charge is 0 e. The lowest BCUT2D eigenvalue weighted by Crippen LogP contribution is -2.44. The van der Waals surface area contributed by atoms with Crippen LogP contribution in [0, 0.1) is 46.3 Å². The van der Waals surface area contributed by atoms with Crippen molar-refractivity contribution in [3.05, 3.63) is 0 Å². The highest BCUT2D eigenvalue weighted by Gasteiger charge is 2.46. The molecule has 25 heavy (non-hydrogen) atoms. The summed E-state index contributed by atoms with van der Waals surface area (Å²) in [7, 11) is 0. The van der Waals surface area contributed by atoms with Crippen LogP contribution in [-0.4, -0.2) is 5.48 Å². The fourth-order valence-electron chi connectivity index (χ4n) is 5.88. The van der Waals surface area contributed by atoms with Gasteiger partial charge in [-0.05, 0) is 72.0 Å². The van der Waals surface area contributed by atoms with Crippen LogP contribution in [0.5, 0.6) is 0 Å². The van der Waals surface area contributed by atoms with Crippen molar-refractivity contribution < 1.29 is 6.90 Å². The third kappa shape index (κ3) is 6.56. The molecule has 0 spiro atoms. The number of hydrogen-bond acceptors (Lipinski definition) is 0. The molecule has 0 aliphatic heterocycles. The van der Waals surface area contributed by atoms with Crippen molar-refractivity contribution in [3.8, 4) is 0 Å². The minimum Gasteiger partial charge on any atom is -0.412 e. The van der Waals surface area contributed by atoms with Crippen molar-refractivity contribution in [1.29, 1.82) is 0 Å². The maximum absolute atomic E-state index is 2.56. The lowest BCUT2D eigenvalue weighted by Gasteiger charge is -2.52. The van der Waals surface area contributed by atoms with Gasteiger partial charge in [0, 0.05) is 1.43 Å². The summed E-state index contributed by atoms with van der Waals surface area (Å²) in [5.74, 6) is 5.68. The van der Waals surface area contributed by atoms with Crippen LogP contribution in [0.25, 0.3) is 0 Å². The van der Waals surface area contributed by atoms with E-state index in [0.717, 1.165) is 35.5 Å². The standard InChI is InChI=1S/C22H42.C2H6.H2O.H2/c1-15-9-11-17(12-10-15)18-13-19(21(3,4)5)16(2)20(14-18)22(6,7)8;1-2;;/h15-20H,9-14H2,1-8H3;1-2H3;1H2;1H. The Balaban J connectivity index is 0. The molecule has 2 aliphatic rings. The normalized spacial score (nSPS) is 36.7. The van der Waals surface area contributed by atoms with E-state index < -0.39 is 0 Å². The summed E-state index contributed by atoms with van der Waals surface area (Å²) < 4.78 is 0. The molecule has 2 unspecified atom stereocenters. The Labute approximate surface area is 161 Å². The maximum atomic E-state index is 2.56. The fraction of sp³-hybridized carbons (Fsp3) is 1.00. The highest BCUT2D eigenvalue weighted by Crippen LogP contribution is 2.54. The first-order chi connectivity index (χ1) is 11.0. The van der Waals surface area contributed by atoms with Crippen LogP contribution in [0.4, 0.5) is 0 Å². The van der Waals surface area contributed by atoms with Gasteiger partial charge in [0.15, 0.2) is 0 Å². The van der Waals surface area contributed by atoms with Gasteiger partial charge in [-0.3, -0.25) is 0 Å². The molecule has 0 radical (unpaired) electrons. The van der Waals surface area contributed by atoms with Crippen molar-refractivity contribution in [3.63, 3.8) is 0 Å². The van der Waals surface area contributed by atoms with E-state index in [1.54, 1.807) is 0 Å². The van der Waals surface area contributed by atoms with E-state index in [1.807, 2.05) is 13.8 Å². The highest BCUT2D eigenvalue weighted by atomic mass is 16.0. The number of hydrogen-bond donors (Lipinski definition) is 0. The van der Waals surface area contributed by atoms with Crippen molar-refractivity contribution in [2.75, 3.05) is 0 Å². The van der Waals surface area contributed by atoms with Crippen LogP contribution in [-0.2, 0) is 0 Å². The van der Waals surface area contributed by atoms with E-state index >= 15 is 0 Å². The first-order valence-electron chi connectivity index (χ1n) is 11.0. The monoisotopic (exact) mass is 356 g/mol. The third-order valence-electron chi connectivity index (χ3n) is 7.33. The third-order valence-corrected chi connectivity index (χ3v) is 7.33. The fourth-order valence-corrected chi connectivity index (χ4v) is 5.88. The quantitative estimate of drug-likeness (QED) is 0.462. The van der Waals surface area contributed by atoms with Gasteiger partial charge in [-0.2, -0.15) is 0 Å². The zero-order valence-corrected chi connectivity index (χ0v) is 19.2. The van der Waals surface area contributed by atoms with E-state index in [9.17, 15) is 0 Å². The summed E-state index contributed by atoms with van der Waals surface area (Å²) >= 11 is 0. The van der Waals surface area contributed by atoms with E-state index in [0.29, 0.717) is 10.8 Å². The largest absolute Gasteiger partial charge is 0.412 e. The van der Waals surface area contributed by atoms with Crippen molar-refractivity contribution >= 4 is 0 Å². The molecule has 154 valence electrons. The Morgan fingerprint density at radius 3 is 1.32 bits per heavy atom. The van der Waals surface area contributed by atoms with E-state index in [-0.39, 0.29) is 6.90 Å². The average molecular weight is 357 g/mol. The van der Waals surface area contributed by atoms with Crippen LogP contribution in [0.2, 0.25) is 0 Å². The summed E-state index contributed by atoms with van der Waals surface area (Å²) in [6, 6.07) is 0. The van der Waals surface area contributed by atoms with Crippen LogP contribution >= 0.6 is 0 Å². The van der Waals surface area contributed by atoms with Crippen LogP contribution in [0.1, 0.15) is 109 Å². The topological polar surface area (TPSA) is 31.5 Å². The zero-order chi connectivity index (χ0) is 18.7. The zero-order valence-electron chi connectivity index (χ0n) is 19.2. The molecular formula is C24H52O. The minimum atomic E-state index is 0. The molecule has 2 N–H and O–H groups in total. The van der Waals surface area contributed by atoms with Gasteiger partial charge in [0.25, 0.3) is 0 Å².